The number of anilines is 1. The Hall–Kier alpha value is -4.34. The van der Waals surface area contributed by atoms with E-state index in [4.69, 9.17) is 5.26 Å². The molecular formula is C29H27N5O. The van der Waals surface area contributed by atoms with Crippen LogP contribution < -0.4 is 10.6 Å². The highest BCUT2D eigenvalue weighted by Crippen LogP contribution is 2.22. The van der Waals surface area contributed by atoms with Crippen LogP contribution in [0.25, 0.3) is 11.3 Å². The summed E-state index contributed by atoms with van der Waals surface area (Å²) in [6, 6.07) is 30.3. The van der Waals surface area contributed by atoms with E-state index in [1.54, 1.807) is 0 Å². The number of aryl methyl sites for hydroxylation is 1. The van der Waals surface area contributed by atoms with Crippen molar-refractivity contribution in [2.45, 2.75) is 25.8 Å². The highest BCUT2D eigenvalue weighted by atomic mass is 16.2. The molecule has 3 aromatic carbocycles. The molecular weight excluding hydrogens is 434 g/mol. The van der Waals surface area contributed by atoms with Crippen molar-refractivity contribution in [2.24, 2.45) is 0 Å². The molecule has 0 saturated carbocycles. The molecule has 2 atom stereocenters. The maximum atomic E-state index is 13.3. The third-order valence-corrected chi connectivity index (χ3v) is 5.88. The van der Waals surface area contributed by atoms with Crippen molar-refractivity contribution >= 4 is 11.6 Å². The first-order valence-corrected chi connectivity index (χ1v) is 11.5. The number of rotatable bonds is 8. The van der Waals surface area contributed by atoms with Gasteiger partial charge in [-0.05, 0) is 60.4 Å². The highest BCUT2D eigenvalue weighted by Gasteiger charge is 2.21. The number of hydrogen-bond acceptors (Lipinski definition) is 5. The first-order valence-electron chi connectivity index (χ1n) is 11.5. The van der Waals surface area contributed by atoms with Gasteiger partial charge in [-0.3, -0.25) is 4.79 Å². The lowest BCUT2D eigenvalue weighted by Crippen LogP contribution is -2.35. The second-order valence-electron chi connectivity index (χ2n) is 8.51. The van der Waals surface area contributed by atoms with Crippen molar-refractivity contribution in [3.63, 3.8) is 0 Å². The maximum Gasteiger partial charge on any atom is 0.246 e. The van der Waals surface area contributed by atoms with Gasteiger partial charge in [-0.25, -0.2) is 0 Å². The molecule has 4 rings (SSSR count). The van der Waals surface area contributed by atoms with Crippen molar-refractivity contribution in [3.05, 3.63) is 113 Å². The van der Waals surface area contributed by atoms with Crippen LogP contribution in [-0.4, -0.2) is 22.6 Å². The van der Waals surface area contributed by atoms with Gasteiger partial charge >= 0.3 is 0 Å². The fourth-order valence-electron chi connectivity index (χ4n) is 3.80. The monoisotopic (exact) mass is 461 g/mol. The van der Waals surface area contributed by atoms with E-state index in [1.165, 1.54) is 0 Å². The molecule has 1 unspecified atom stereocenters. The zero-order chi connectivity index (χ0) is 24.6. The minimum Gasteiger partial charge on any atom is -0.324 e. The molecule has 0 spiro atoms. The molecule has 0 aliphatic rings. The SMILES string of the molecule is Cc1ccc(-c2ccc(NC(=O)C(NC[C@@H](C)c3ccc(C#N)cc3)c3ccccc3)cc2)nn1. The van der Waals surface area contributed by atoms with Gasteiger partial charge in [0.15, 0.2) is 0 Å². The molecule has 1 amide bonds. The van der Waals surface area contributed by atoms with Crippen LogP contribution in [0.3, 0.4) is 0 Å². The van der Waals surface area contributed by atoms with E-state index in [-0.39, 0.29) is 11.8 Å². The second-order valence-corrected chi connectivity index (χ2v) is 8.51. The average molecular weight is 462 g/mol. The standard InChI is InChI=1S/C29H27N5O/c1-20(23-11-9-22(18-30)10-12-23)19-31-28(25-6-4-3-5-7-25)29(35)32-26-15-13-24(14-16-26)27-17-8-21(2)33-34-27/h3-17,20,28,31H,19H2,1-2H3,(H,32,35)/t20-,28?/m1/s1. The summed E-state index contributed by atoms with van der Waals surface area (Å²) in [7, 11) is 0. The summed E-state index contributed by atoms with van der Waals surface area (Å²) in [5, 5.41) is 23.8. The minimum atomic E-state index is -0.514. The maximum absolute atomic E-state index is 13.3. The lowest BCUT2D eigenvalue weighted by atomic mass is 9.98. The summed E-state index contributed by atoms with van der Waals surface area (Å²) >= 11 is 0. The first-order chi connectivity index (χ1) is 17.0. The zero-order valence-electron chi connectivity index (χ0n) is 19.8. The zero-order valence-corrected chi connectivity index (χ0v) is 19.8. The number of hydrogen-bond donors (Lipinski definition) is 2. The molecule has 0 radical (unpaired) electrons. The van der Waals surface area contributed by atoms with Crippen LogP contribution >= 0.6 is 0 Å². The lowest BCUT2D eigenvalue weighted by Gasteiger charge is -2.22. The van der Waals surface area contributed by atoms with Crippen molar-refractivity contribution < 1.29 is 4.79 Å². The fraction of sp³-hybridized carbons (Fsp3) is 0.172. The number of carbonyl (C=O) groups is 1. The molecule has 174 valence electrons. The molecule has 35 heavy (non-hydrogen) atoms. The topological polar surface area (TPSA) is 90.7 Å². The summed E-state index contributed by atoms with van der Waals surface area (Å²) < 4.78 is 0. The molecule has 6 nitrogen and oxygen atoms in total. The van der Waals surface area contributed by atoms with E-state index in [9.17, 15) is 4.79 Å². The molecule has 0 aliphatic heterocycles. The summed E-state index contributed by atoms with van der Waals surface area (Å²) in [5.41, 5.74) is 5.93. The summed E-state index contributed by atoms with van der Waals surface area (Å²) in [6.45, 7) is 4.60. The van der Waals surface area contributed by atoms with Crippen LogP contribution in [0.15, 0.2) is 91.0 Å². The quantitative estimate of drug-likeness (QED) is 0.367. The summed E-state index contributed by atoms with van der Waals surface area (Å²) in [6.07, 6.45) is 0. The van der Waals surface area contributed by atoms with Gasteiger partial charge in [0, 0.05) is 17.8 Å². The number of nitrogens with zero attached hydrogens (tertiary/aromatic N) is 3. The number of carbonyl (C=O) groups excluding carboxylic acids is 1. The molecule has 6 heteroatoms. The Morgan fingerprint density at radius 3 is 2.23 bits per heavy atom. The largest absolute Gasteiger partial charge is 0.324 e. The van der Waals surface area contributed by atoms with E-state index in [0.717, 1.165) is 28.1 Å². The lowest BCUT2D eigenvalue weighted by molar-refractivity contribution is -0.118. The van der Waals surface area contributed by atoms with E-state index in [2.05, 4.69) is 33.8 Å². The number of nitrogens with one attached hydrogen (secondary N) is 2. The van der Waals surface area contributed by atoms with Crippen molar-refractivity contribution in [1.82, 2.24) is 15.5 Å². The normalized spacial score (nSPS) is 12.4. The third kappa shape index (κ3) is 6.17. The molecule has 1 aromatic heterocycles. The molecule has 1 heterocycles. The number of nitriles is 1. The number of benzene rings is 3. The highest BCUT2D eigenvalue weighted by molar-refractivity contribution is 5.95. The van der Waals surface area contributed by atoms with E-state index in [1.807, 2.05) is 97.9 Å². The van der Waals surface area contributed by atoms with Gasteiger partial charge in [0.05, 0.1) is 23.0 Å². The van der Waals surface area contributed by atoms with E-state index < -0.39 is 6.04 Å². The Balaban J connectivity index is 1.46. The fourth-order valence-corrected chi connectivity index (χ4v) is 3.80. The molecule has 0 bridgehead atoms. The Morgan fingerprint density at radius 1 is 0.886 bits per heavy atom. The van der Waals surface area contributed by atoms with Crippen LogP contribution in [0.2, 0.25) is 0 Å². The molecule has 4 aromatic rings. The molecule has 2 N–H and O–H groups in total. The Labute approximate surface area is 205 Å². The van der Waals surface area contributed by atoms with Gasteiger partial charge in [0.25, 0.3) is 0 Å². The van der Waals surface area contributed by atoms with Gasteiger partial charge in [0.1, 0.15) is 6.04 Å². The van der Waals surface area contributed by atoms with Gasteiger partial charge in [-0.15, -0.1) is 0 Å². The Bertz CT molecular complexity index is 1290. The van der Waals surface area contributed by atoms with Crippen LogP contribution in [-0.2, 0) is 4.79 Å². The summed E-state index contributed by atoms with van der Waals surface area (Å²) in [4.78, 5) is 13.3. The van der Waals surface area contributed by atoms with Crippen LogP contribution in [0.1, 0.15) is 41.3 Å². The predicted octanol–water partition coefficient (Wildman–Crippen LogP) is 5.40. The van der Waals surface area contributed by atoms with Gasteiger partial charge in [0.2, 0.25) is 5.91 Å². The Morgan fingerprint density at radius 2 is 1.60 bits per heavy atom. The van der Waals surface area contributed by atoms with Crippen LogP contribution in [0.5, 0.6) is 0 Å². The number of aromatic nitrogens is 2. The van der Waals surface area contributed by atoms with Crippen LogP contribution in [0, 0.1) is 18.3 Å². The third-order valence-electron chi connectivity index (χ3n) is 5.88. The number of amides is 1. The van der Waals surface area contributed by atoms with Crippen molar-refractivity contribution in [3.8, 4) is 17.3 Å². The van der Waals surface area contributed by atoms with Crippen molar-refractivity contribution in [2.75, 3.05) is 11.9 Å². The smallest absolute Gasteiger partial charge is 0.246 e. The van der Waals surface area contributed by atoms with E-state index >= 15 is 0 Å². The van der Waals surface area contributed by atoms with Crippen molar-refractivity contribution in [1.29, 1.82) is 5.26 Å². The van der Waals surface area contributed by atoms with E-state index in [0.29, 0.717) is 17.8 Å². The van der Waals surface area contributed by atoms with Gasteiger partial charge in [-0.1, -0.05) is 61.5 Å². The van der Waals surface area contributed by atoms with Crippen LogP contribution in [0.4, 0.5) is 5.69 Å². The second kappa shape index (κ2) is 11.2. The average Bonchev–Trinajstić information content (AvgIpc) is 2.90. The molecule has 0 fully saturated rings. The first kappa shape index (κ1) is 23.8. The predicted molar refractivity (Wildman–Crippen MR) is 138 cm³/mol. The Kier molecular flexibility index (Phi) is 7.61. The molecule has 0 saturated heterocycles. The summed E-state index contributed by atoms with van der Waals surface area (Å²) in [5.74, 6) is 0.0303. The van der Waals surface area contributed by atoms with Gasteiger partial charge < -0.3 is 10.6 Å². The van der Waals surface area contributed by atoms with Gasteiger partial charge in [-0.2, -0.15) is 15.5 Å². The minimum absolute atomic E-state index is 0.133. The molecule has 0 aliphatic carbocycles.